The fourth-order valence-electron chi connectivity index (χ4n) is 6.99. The molecule has 0 aromatic rings. The Morgan fingerprint density at radius 1 is 0.485 bits per heavy atom. The summed E-state index contributed by atoms with van der Waals surface area (Å²) in [6, 6.07) is 0. The molecule has 0 aromatic carbocycles. The lowest BCUT2D eigenvalue weighted by atomic mass is 9.99. The number of esters is 2. The molecule has 4 N–H and O–H groups in total. The normalized spacial score (nSPS) is 19.9. The number of hydrogen-bond donors (Lipinski definition) is 4. The molecule has 1 rings (SSSR count). The maximum atomic E-state index is 12.8. The number of carbonyl (C=O) groups excluding carboxylic acids is 2. The number of unbranched alkanes of at least 4 members (excludes halogenated alkanes) is 14. The fraction of sp³-hybridized carbons (Fsp3) is 0.655. The predicted molar refractivity (Wildman–Crippen MR) is 266 cm³/mol. The molecule has 11 nitrogen and oxygen atoms in total. The first kappa shape index (κ1) is 60.1. The minimum absolute atomic E-state index is 0.104. The van der Waals surface area contributed by atoms with Crippen molar-refractivity contribution in [3.8, 4) is 0 Å². The van der Waals surface area contributed by atoms with Gasteiger partial charge in [-0.1, -0.05) is 182 Å². The summed E-state index contributed by atoms with van der Waals surface area (Å²) >= 11 is 0. The van der Waals surface area contributed by atoms with E-state index in [1.54, 1.807) is 0 Å². The molecule has 6 unspecified atom stereocenters. The Bertz CT molecular complexity index is 1460. The number of carbonyl (C=O) groups is 3. The van der Waals surface area contributed by atoms with Crippen LogP contribution in [-0.4, -0.2) is 88.4 Å². The third kappa shape index (κ3) is 34.4. The molecule has 0 saturated carbocycles. The summed E-state index contributed by atoms with van der Waals surface area (Å²) in [6.45, 7) is 3.62. The average Bonchev–Trinajstić information content (AvgIpc) is 3.30. The van der Waals surface area contributed by atoms with E-state index < -0.39 is 61.3 Å². The van der Waals surface area contributed by atoms with Crippen molar-refractivity contribution in [2.24, 2.45) is 0 Å². The third-order valence-corrected chi connectivity index (χ3v) is 10.9. The molecule has 0 aliphatic carbocycles. The zero-order valence-electron chi connectivity index (χ0n) is 40.6. The third-order valence-electron chi connectivity index (χ3n) is 10.9. The summed E-state index contributed by atoms with van der Waals surface area (Å²) in [5.74, 6) is -2.57. The molecular formula is C55H88O11. The summed E-state index contributed by atoms with van der Waals surface area (Å²) in [5, 5.41) is 39.9. The minimum atomic E-state index is -1.88. The molecule has 0 radical (unpaired) electrons. The van der Waals surface area contributed by atoms with Gasteiger partial charge in [-0.15, -0.1) is 0 Å². The molecule has 0 aromatic heterocycles. The van der Waals surface area contributed by atoms with Gasteiger partial charge >= 0.3 is 17.9 Å². The Morgan fingerprint density at radius 3 is 1.41 bits per heavy atom. The number of aliphatic hydroxyl groups is 3. The first-order valence-electron chi connectivity index (χ1n) is 25.3. The second-order valence-electron chi connectivity index (χ2n) is 16.9. The number of aliphatic hydroxyl groups excluding tert-OH is 3. The van der Waals surface area contributed by atoms with Crippen molar-refractivity contribution in [3.63, 3.8) is 0 Å². The molecule has 0 spiro atoms. The molecule has 1 heterocycles. The van der Waals surface area contributed by atoms with Gasteiger partial charge < -0.3 is 39.4 Å². The van der Waals surface area contributed by atoms with Crippen LogP contribution in [0.4, 0.5) is 0 Å². The number of aliphatic carboxylic acids is 1. The molecule has 66 heavy (non-hydrogen) atoms. The van der Waals surface area contributed by atoms with Crippen LogP contribution >= 0.6 is 0 Å². The highest BCUT2D eigenvalue weighted by atomic mass is 16.7. The Kier molecular flexibility index (Phi) is 39.8. The van der Waals surface area contributed by atoms with Gasteiger partial charge in [0, 0.05) is 12.8 Å². The summed E-state index contributed by atoms with van der Waals surface area (Å²) < 4.78 is 21.7. The topological polar surface area (TPSA) is 169 Å². The van der Waals surface area contributed by atoms with E-state index in [-0.39, 0.29) is 19.4 Å². The van der Waals surface area contributed by atoms with Crippen LogP contribution < -0.4 is 0 Å². The van der Waals surface area contributed by atoms with Gasteiger partial charge in [-0.05, 0) is 83.5 Å². The lowest BCUT2D eigenvalue weighted by Crippen LogP contribution is -2.60. The van der Waals surface area contributed by atoms with E-state index in [4.69, 9.17) is 18.9 Å². The zero-order chi connectivity index (χ0) is 48.1. The molecule has 0 amide bonds. The molecule has 6 atom stereocenters. The van der Waals surface area contributed by atoms with E-state index in [1.807, 2.05) is 12.2 Å². The molecule has 1 aliphatic rings. The molecule has 1 aliphatic heterocycles. The highest BCUT2D eigenvalue weighted by Crippen LogP contribution is 2.23. The highest BCUT2D eigenvalue weighted by Gasteiger charge is 2.47. The quantitative estimate of drug-likeness (QED) is 0.0261. The Morgan fingerprint density at radius 2 is 0.924 bits per heavy atom. The maximum Gasteiger partial charge on any atom is 0.335 e. The number of carboxylic acid groups (broad SMARTS) is 1. The molecule has 374 valence electrons. The van der Waals surface area contributed by atoms with Crippen molar-refractivity contribution < 1.29 is 53.8 Å². The van der Waals surface area contributed by atoms with Crippen molar-refractivity contribution in [3.05, 3.63) is 97.2 Å². The van der Waals surface area contributed by atoms with Gasteiger partial charge in [0.1, 0.15) is 24.9 Å². The first-order chi connectivity index (χ1) is 32.2. The Balaban J connectivity index is 2.37. The van der Waals surface area contributed by atoms with Gasteiger partial charge in [0.2, 0.25) is 0 Å². The van der Waals surface area contributed by atoms with Crippen LogP contribution in [0.1, 0.15) is 181 Å². The van der Waals surface area contributed by atoms with E-state index in [0.717, 1.165) is 77.0 Å². The van der Waals surface area contributed by atoms with Gasteiger partial charge in [-0.2, -0.15) is 0 Å². The predicted octanol–water partition coefficient (Wildman–Crippen LogP) is 12.0. The largest absolute Gasteiger partial charge is 0.479 e. The number of allylic oxidation sites excluding steroid dienone is 16. The van der Waals surface area contributed by atoms with Crippen LogP contribution in [-0.2, 0) is 33.3 Å². The van der Waals surface area contributed by atoms with Crippen LogP contribution in [0.25, 0.3) is 0 Å². The maximum absolute atomic E-state index is 12.8. The summed E-state index contributed by atoms with van der Waals surface area (Å²) in [4.78, 5) is 36.9. The number of carboxylic acids is 1. The van der Waals surface area contributed by atoms with Crippen LogP contribution in [0.5, 0.6) is 0 Å². The van der Waals surface area contributed by atoms with Crippen molar-refractivity contribution in [1.29, 1.82) is 0 Å². The highest BCUT2D eigenvalue weighted by molar-refractivity contribution is 5.73. The molecule has 0 bridgehead atoms. The first-order valence-corrected chi connectivity index (χ1v) is 25.3. The van der Waals surface area contributed by atoms with Gasteiger partial charge in [0.05, 0.1) is 6.61 Å². The van der Waals surface area contributed by atoms with E-state index >= 15 is 0 Å². The number of ether oxygens (including phenoxy) is 4. The summed E-state index contributed by atoms with van der Waals surface area (Å²) in [6.07, 6.45) is 50.4. The number of rotatable bonds is 41. The standard InChI is InChI=1S/C55H88O11/c1-3-5-7-9-11-13-15-17-19-21-23-24-26-28-30-32-34-36-38-40-42-44-49(57)65-47(46-64-55-52(60)50(58)51(59)53(66-55)54(61)62)45-63-48(56)43-41-39-37-35-33-31-29-27-25-22-20-18-16-14-12-10-8-6-4-2/h6,8,12,14-15,17-18,20-21,23,25,27,31,33,37,39,47,50-53,55,58-60H,3-5,7,9-11,13,16,19,22,24,26,28-30,32,34-36,38,40-46H2,1-2H3,(H,61,62)/b8-6-,14-12-,17-15-,20-18-,23-21-,27-25-,33-31-,39-37-. The van der Waals surface area contributed by atoms with Crippen molar-refractivity contribution in [2.75, 3.05) is 13.2 Å². The van der Waals surface area contributed by atoms with Crippen LogP contribution in [0.3, 0.4) is 0 Å². The average molecular weight is 925 g/mol. The van der Waals surface area contributed by atoms with Gasteiger partial charge in [-0.25, -0.2) is 4.79 Å². The van der Waals surface area contributed by atoms with E-state index in [9.17, 15) is 34.8 Å². The Labute approximate surface area is 398 Å². The van der Waals surface area contributed by atoms with Crippen molar-refractivity contribution in [2.45, 2.75) is 218 Å². The number of hydrogen-bond acceptors (Lipinski definition) is 10. The second-order valence-corrected chi connectivity index (χ2v) is 16.9. The Hall–Kier alpha value is -3.87. The zero-order valence-corrected chi connectivity index (χ0v) is 40.6. The van der Waals surface area contributed by atoms with Gasteiger partial charge in [0.25, 0.3) is 0 Å². The van der Waals surface area contributed by atoms with Crippen LogP contribution in [0.2, 0.25) is 0 Å². The second kappa shape index (κ2) is 43.7. The summed E-state index contributed by atoms with van der Waals surface area (Å²) in [7, 11) is 0. The van der Waals surface area contributed by atoms with Crippen molar-refractivity contribution in [1.82, 2.24) is 0 Å². The van der Waals surface area contributed by atoms with Gasteiger partial charge in [-0.3, -0.25) is 9.59 Å². The molecule has 11 heteroatoms. The van der Waals surface area contributed by atoms with Crippen LogP contribution in [0.15, 0.2) is 97.2 Å². The summed E-state index contributed by atoms with van der Waals surface area (Å²) in [5.41, 5.74) is 0. The monoisotopic (exact) mass is 925 g/mol. The molecule has 1 saturated heterocycles. The van der Waals surface area contributed by atoms with Crippen molar-refractivity contribution >= 4 is 17.9 Å². The fourth-order valence-corrected chi connectivity index (χ4v) is 6.99. The minimum Gasteiger partial charge on any atom is -0.479 e. The molecular weight excluding hydrogens is 837 g/mol. The lowest BCUT2D eigenvalue weighted by molar-refractivity contribution is -0.298. The van der Waals surface area contributed by atoms with Gasteiger partial charge in [0.15, 0.2) is 18.5 Å². The lowest BCUT2D eigenvalue weighted by Gasteiger charge is -2.38. The van der Waals surface area contributed by atoms with E-state index in [0.29, 0.717) is 12.8 Å². The smallest absolute Gasteiger partial charge is 0.335 e. The SMILES string of the molecule is CC/C=C\C/C=C\C/C=C\C/C=C\C/C=C\C/C=C\CCC(=O)OCC(COC1OC(C(=O)O)C(O)C(O)C1O)OC(=O)CCCCCCCCCCC/C=C\C/C=C\CCCCCCC. The van der Waals surface area contributed by atoms with E-state index in [1.165, 1.54) is 64.2 Å². The van der Waals surface area contributed by atoms with Crippen LogP contribution in [0, 0.1) is 0 Å². The molecule has 1 fully saturated rings. The van der Waals surface area contributed by atoms with E-state index in [2.05, 4.69) is 98.9 Å².